The number of carbonyl (C=O) groups excluding carboxylic acids is 1. The van der Waals surface area contributed by atoms with Crippen LogP contribution in [0.5, 0.6) is 11.5 Å². The molecule has 0 aliphatic rings. The van der Waals surface area contributed by atoms with Crippen molar-refractivity contribution < 1.29 is 19.2 Å². The number of carbonyl (C=O) groups is 1. The third-order valence-electron chi connectivity index (χ3n) is 3.41. The highest BCUT2D eigenvalue weighted by molar-refractivity contribution is 6.34. The topological polar surface area (TPSA) is 105 Å². The molecule has 0 heterocycles. The molecule has 0 fully saturated rings. The summed E-state index contributed by atoms with van der Waals surface area (Å²) in [6.45, 7) is 6.58. The van der Waals surface area contributed by atoms with E-state index in [2.05, 4.69) is 0 Å². The van der Waals surface area contributed by atoms with Crippen LogP contribution in [0.4, 0.5) is 11.4 Å². The molecule has 2 aromatic rings. The van der Waals surface area contributed by atoms with E-state index in [9.17, 15) is 14.9 Å². The highest BCUT2D eigenvalue weighted by Crippen LogP contribution is 2.37. The number of nitro groups is 1. The zero-order chi connectivity index (χ0) is 19.6. The first-order valence-electron chi connectivity index (χ1n) is 7.74. The van der Waals surface area contributed by atoms with Gasteiger partial charge in [0.1, 0.15) is 27.7 Å². The minimum atomic E-state index is -0.800. The average molecular weight is 379 g/mol. The molecule has 2 rings (SSSR count). The van der Waals surface area contributed by atoms with Gasteiger partial charge in [-0.3, -0.25) is 10.1 Å². The van der Waals surface area contributed by atoms with Crippen molar-refractivity contribution >= 4 is 28.9 Å². The molecule has 0 saturated carbocycles. The fourth-order valence-corrected chi connectivity index (χ4v) is 2.42. The summed E-state index contributed by atoms with van der Waals surface area (Å²) in [5, 5.41) is 11.5. The molecule has 0 bridgehead atoms. The van der Waals surface area contributed by atoms with E-state index >= 15 is 0 Å². The minimum Gasteiger partial charge on any atom is -0.456 e. The number of nitrogens with two attached hydrogens (primary N) is 1. The van der Waals surface area contributed by atoms with E-state index in [0.29, 0.717) is 5.69 Å². The quantitative estimate of drug-likeness (QED) is 0.351. The lowest BCUT2D eigenvalue weighted by atomic mass is 10.0. The van der Waals surface area contributed by atoms with Crippen molar-refractivity contribution in [1.29, 1.82) is 0 Å². The number of benzene rings is 2. The van der Waals surface area contributed by atoms with Gasteiger partial charge in [-0.2, -0.15) is 0 Å². The van der Waals surface area contributed by atoms with E-state index in [-0.39, 0.29) is 33.3 Å². The van der Waals surface area contributed by atoms with E-state index in [1.807, 2.05) is 0 Å². The number of nitrogens with zero attached hydrogens (tertiary/aromatic N) is 1. The average Bonchev–Trinajstić information content (AvgIpc) is 2.51. The molecule has 0 atom stereocenters. The smallest absolute Gasteiger partial charge is 0.346 e. The zero-order valence-electron chi connectivity index (χ0n) is 14.8. The summed E-state index contributed by atoms with van der Waals surface area (Å²) >= 11 is 6.12. The Kier molecular flexibility index (Phi) is 5.41. The molecular weight excluding hydrogens is 360 g/mol. The Morgan fingerprint density at radius 3 is 2.42 bits per heavy atom. The summed E-state index contributed by atoms with van der Waals surface area (Å²) in [6.07, 6.45) is 0. The first-order valence-corrected chi connectivity index (χ1v) is 8.12. The Hall–Kier alpha value is -2.80. The van der Waals surface area contributed by atoms with E-state index in [1.54, 1.807) is 45.9 Å². The number of nitrogen functional groups attached to an aromatic ring is 1. The van der Waals surface area contributed by atoms with Crippen molar-refractivity contribution in [3.63, 3.8) is 0 Å². The van der Waals surface area contributed by atoms with Gasteiger partial charge in [0.25, 0.3) is 5.69 Å². The summed E-state index contributed by atoms with van der Waals surface area (Å²) in [6, 6.07) is 7.48. The fraction of sp³-hybridized carbons (Fsp3) is 0.278. The van der Waals surface area contributed by atoms with Gasteiger partial charge < -0.3 is 15.2 Å². The van der Waals surface area contributed by atoms with Crippen molar-refractivity contribution in [2.24, 2.45) is 0 Å². The van der Waals surface area contributed by atoms with Crippen LogP contribution < -0.4 is 10.5 Å². The molecule has 0 saturated heterocycles. The summed E-state index contributed by atoms with van der Waals surface area (Å²) in [5.41, 5.74) is 5.03. The van der Waals surface area contributed by atoms with Gasteiger partial charge in [0.05, 0.1) is 10.6 Å². The summed E-state index contributed by atoms with van der Waals surface area (Å²) in [4.78, 5) is 23.2. The van der Waals surface area contributed by atoms with Crippen LogP contribution in [-0.2, 0) is 4.74 Å². The highest BCUT2D eigenvalue weighted by Gasteiger charge is 2.29. The van der Waals surface area contributed by atoms with Crippen molar-refractivity contribution in [3.05, 3.63) is 56.6 Å². The predicted molar refractivity (Wildman–Crippen MR) is 98.9 cm³/mol. The van der Waals surface area contributed by atoms with Crippen LogP contribution in [0.25, 0.3) is 0 Å². The molecule has 2 aromatic carbocycles. The first-order chi connectivity index (χ1) is 12.0. The Bertz CT molecular complexity index is 875. The van der Waals surface area contributed by atoms with Crippen molar-refractivity contribution in [3.8, 4) is 11.5 Å². The van der Waals surface area contributed by atoms with Gasteiger partial charge in [-0.25, -0.2) is 4.79 Å². The Morgan fingerprint density at radius 2 is 1.85 bits per heavy atom. The lowest BCUT2D eigenvalue weighted by Gasteiger charge is -2.20. The number of nitro benzene ring substituents is 1. The molecule has 7 nitrogen and oxygen atoms in total. The molecule has 2 N–H and O–H groups in total. The molecule has 0 unspecified atom stereocenters. The molecule has 0 spiro atoms. The summed E-state index contributed by atoms with van der Waals surface area (Å²) < 4.78 is 11.0. The van der Waals surface area contributed by atoms with Crippen LogP contribution in [0.2, 0.25) is 5.02 Å². The SMILES string of the molecule is Cc1c(Oc2cccc(N)c2Cl)ccc([N+](=O)[O-])c1C(=O)OC(C)(C)C. The van der Waals surface area contributed by atoms with Crippen LogP contribution in [0.15, 0.2) is 30.3 Å². The van der Waals surface area contributed by atoms with E-state index in [4.69, 9.17) is 26.8 Å². The standard InChI is InChI=1S/C18H19ClN2O5/c1-10-13(25-14-7-5-6-11(20)16(14)19)9-8-12(21(23)24)15(10)17(22)26-18(2,3)4/h5-9H,20H2,1-4H3. The maximum Gasteiger partial charge on any atom is 0.346 e. The molecule has 8 heteroatoms. The number of halogens is 1. The molecule has 0 radical (unpaired) electrons. The Morgan fingerprint density at radius 1 is 1.19 bits per heavy atom. The highest BCUT2D eigenvalue weighted by atomic mass is 35.5. The molecule has 0 aliphatic carbocycles. The lowest BCUT2D eigenvalue weighted by molar-refractivity contribution is -0.385. The van der Waals surface area contributed by atoms with Crippen LogP contribution in [0.1, 0.15) is 36.7 Å². The van der Waals surface area contributed by atoms with Gasteiger partial charge >= 0.3 is 5.97 Å². The number of hydrogen-bond acceptors (Lipinski definition) is 6. The Balaban J connectivity index is 2.53. The van der Waals surface area contributed by atoms with Crippen LogP contribution in [0.3, 0.4) is 0 Å². The summed E-state index contributed by atoms with van der Waals surface area (Å²) in [7, 11) is 0. The van der Waals surface area contributed by atoms with E-state index in [0.717, 1.165) is 0 Å². The normalized spacial score (nSPS) is 11.1. The lowest BCUT2D eigenvalue weighted by Crippen LogP contribution is -2.25. The van der Waals surface area contributed by atoms with Crippen molar-refractivity contribution in [2.45, 2.75) is 33.3 Å². The van der Waals surface area contributed by atoms with Gasteiger partial charge in [-0.1, -0.05) is 17.7 Å². The second-order valence-electron chi connectivity index (χ2n) is 6.60. The van der Waals surface area contributed by atoms with Crippen molar-refractivity contribution in [2.75, 3.05) is 5.73 Å². The number of ether oxygens (including phenoxy) is 2. The zero-order valence-corrected chi connectivity index (χ0v) is 15.6. The molecule has 0 aliphatic heterocycles. The van der Waals surface area contributed by atoms with Gasteiger partial charge in [0.15, 0.2) is 0 Å². The summed E-state index contributed by atoms with van der Waals surface area (Å²) in [5.74, 6) is -0.284. The van der Waals surface area contributed by atoms with Gasteiger partial charge in [0, 0.05) is 11.6 Å². The largest absolute Gasteiger partial charge is 0.456 e. The molecular formula is C18H19ClN2O5. The molecule has 0 aromatic heterocycles. The fourth-order valence-electron chi connectivity index (χ4n) is 2.25. The minimum absolute atomic E-state index is 0.164. The third-order valence-corrected chi connectivity index (χ3v) is 3.81. The molecule has 138 valence electrons. The predicted octanol–water partition coefficient (Wildman–Crippen LogP) is 4.89. The number of anilines is 1. The third kappa shape index (κ3) is 4.23. The second kappa shape index (κ2) is 7.21. The van der Waals surface area contributed by atoms with Crippen LogP contribution in [-0.4, -0.2) is 16.5 Å². The molecule has 0 amide bonds. The Labute approximate surface area is 155 Å². The number of esters is 1. The van der Waals surface area contributed by atoms with Gasteiger partial charge in [0.2, 0.25) is 0 Å². The van der Waals surface area contributed by atoms with Crippen molar-refractivity contribution in [1.82, 2.24) is 0 Å². The molecule has 26 heavy (non-hydrogen) atoms. The van der Waals surface area contributed by atoms with E-state index < -0.39 is 16.5 Å². The maximum atomic E-state index is 12.5. The van der Waals surface area contributed by atoms with Crippen LogP contribution in [0, 0.1) is 17.0 Å². The van der Waals surface area contributed by atoms with Crippen LogP contribution >= 0.6 is 11.6 Å². The number of rotatable bonds is 4. The monoisotopic (exact) mass is 378 g/mol. The maximum absolute atomic E-state index is 12.5. The second-order valence-corrected chi connectivity index (χ2v) is 6.98. The first kappa shape index (κ1) is 19.5. The van der Waals surface area contributed by atoms with E-state index in [1.165, 1.54) is 12.1 Å². The van der Waals surface area contributed by atoms with Gasteiger partial charge in [-0.15, -0.1) is 0 Å². The van der Waals surface area contributed by atoms with Gasteiger partial charge in [-0.05, 0) is 45.9 Å². The number of hydrogen-bond donors (Lipinski definition) is 1.